The van der Waals surface area contributed by atoms with Crippen molar-refractivity contribution < 1.29 is 14.2 Å². The Morgan fingerprint density at radius 3 is 2.92 bits per heavy atom. The monoisotopic (exact) mass is 357 g/mol. The Balaban J connectivity index is 1.80. The van der Waals surface area contributed by atoms with Gasteiger partial charge in [0.15, 0.2) is 12.4 Å². The average Bonchev–Trinajstić information content (AvgIpc) is 3.00. The van der Waals surface area contributed by atoms with Crippen molar-refractivity contribution in [3.63, 3.8) is 0 Å². The third-order valence-electron chi connectivity index (χ3n) is 4.32. The Labute approximate surface area is 141 Å². The molecule has 0 bridgehead atoms. The molecule has 2 aliphatic heterocycles. The van der Waals surface area contributed by atoms with E-state index in [1.54, 1.807) is 11.5 Å². The van der Waals surface area contributed by atoms with Gasteiger partial charge in [-0.2, -0.15) is 0 Å². The number of ether oxygens (including phenoxy) is 1. The van der Waals surface area contributed by atoms with E-state index in [9.17, 15) is 9.50 Å². The number of imidazole rings is 1. The Morgan fingerprint density at radius 1 is 1.54 bits per heavy atom. The number of amidine groups is 1. The third-order valence-corrected chi connectivity index (χ3v) is 5.79. The fraction of sp³-hybridized carbons (Fsp3) is 0.667. The largest absolute Gasteiger partial charge is 0.387 e. The lowest BCUT2D eigenvalue weighted by Crippen LogP contribution is -2.29. The molecule has 7 nitrogen and oxygen atoms in total. The highest BCUT2D eigenvalue weighted by Gasteiger charge is 2.46. The number of fused-ring (bicyclic) bond motifs is 1. The van der Waals surface area contributed by atoms with Crippen LogP contribution < -0.4 is 11.1 Å². The fourth-order valence-electron chi connectivity index (χ4n) is 3.03. The summed E-state index contributed by atoms with van der Waals surface area (Å²) in [5.74, 6) is 1.20. The van der Waals surface area contributed by atoms with Crippen molar-refractivity contribution in [2.45, 2.75) is 44.1 Å². The summed E-state index contributed by atoms with van der Waals surface area (Å²) in [6, 6.07) is 0. The number of aliphatic imine (C=N–C) groups is 1. The number of rotatable bonds is 4. The van der Waals surface area contributed by atoms with E-state index in [2.05, 4.69) is 34.9 Å². The number of nitrogens with zero attached hydrogens (tertiary/aromatic N) is 3. The van der Waals surface area contributed by atoms with Crippen molar-refractivity contribution in [3.05, 3.63) is 12.0 Å². The van der Waals surface area contributed by atoms with Gasteiger partial charge in [-0.15, -0.1) is 13.2 Å². The SMILES string of the molecule is C=P(C)(C)CC[C@H]1O[C@@H](n2cnc3c2NC(C)=NC3N)[C@H](F)[C@@H]1O. The molecular weight excluding hydrogens is 332 g/mol. The van der Waals surface area contributed by atoms with Gasteiger partial charge in [0.25, 0.3) is 0 Å². The number of halogens is 1. The summed E-state index contributed by atoms with van der Waals surface area (Å²) in [6.07, 6.45) is 2.30. The van der Waals surface area contributed by atoms with E-state index < -0.39 is 37.7 Å². The summed E-state index contributed by atoms with van der Waals surface area (Å²) < 4.78 is 22.1. The number of aliphatic hydroxyl groups is 1. The zero-order valence-corrected chi connectivity index (χ0v) is 15.1. The van der Waals surface area contributed by atoms with E-state index in [1.807, 2.05) is 0 Å². The normalized spacial score (nSPS) is 33.1. The van der Waals surface area contributed by atoms with Crippen LogP contribution in [-0.2, 0) is 4.74 Å². The van der Waals surface area contributed by atoms with E-state index in [0.29, 0.717) is 23.8 Å². The quantitative estimate of drug-likeness (QED) is 0.708. The minimum atomic E-state index is -1.53. The number of nitrogens with two attached hydrogens (primary N) is 1. The second-order valence-electron chi connectivity index (χ2n) is 7.12. The Hall–Kier alpha value is -1.21. The lowest BCUT2D eigenvalue weighted by atomic mass is 10.1. The van der Waals surface area contributed by atoms with Crippen LogP contribution in [0.25, 0.3) is 0 Å². The van der Waals surface area contributed by atoms with Crippen LogP contribution in [-0.4, -0.2) is 64.7 Å². The second-order valence-corrected chi connectivity index (χ2v) is 11.4. The third kappa shape index (κ3) is 3.28. The highest BCUT2D eigenvalue weighted by atomic mass is 31.2. The lowest BCUT2D eigenvalue weighted by molar-refractivity contribution is -0.0241. The number of nitrogens with one attached hydrogen (secondary N) is 1. The minimum Gasteiger partial charge on any atom is -0.387 e. The highest BCUT2D eigenvalue weighted by molar-refractivity contribution is 7.72. The maximum atomic E-state index is 14.7. The van der Waals surface area contributed by atoms with Crippen molar-refractivity contribution in [1.29, 1.82) is 0 Å². The molecule has 134 valence electrons. The first-order valence-electron chi connectivity index (χ1n) is 7.96. The predicted molar refractivity (Wildman–Crippen MR) is 96.1 cm³/mol. The molecule has 24 heavy (non-hydrogen) atoms. The topological polar surface area (TPSA) is 97.7 Å². The number of alkyl halides is 1. The summed E-state index contributed by atoms with van der Waals surface area (Å²) in [5, 5.41) is 13.3. The molecule has 5 atom stereocenters. The minimum absolute atomic E-state index is 0.541. The zero-order chi connectivity index (χ0) is 17.6. The van der Waals surface area contributed by atoms with Crippen LogP contribution in [0, 0.1) is 0 Å². The molecule has 0 aromatic carbocycles. The first kappa shape index (κ1) is 17.6. The van der Waals surface area contributed by atoms with Gasteiger partial charge in [0.2, 0.25) is 0 Å². The molecule has 0 amide bonds. The van der Waals surface area contributed by atoms with Crippen LogP contribution in [0.1, 0.15) is 31.4 Å². The van der Waals surface area contributed by atoms with E-state index in [-0.39, 0.29) is 0 Å². The molecule has 3 rings (SSSR count). The van der Waals surface area contributed by atoms with Gasteiger partial charge >= 0.3 is 0 Å². The van der Waals surface area contributed by atoms with E-state index in [1.165, 1.54) is 6.33 Å². The van der Waals surface area contributed by atoms with Crippen molar-refractivity contribution in [3.8, 4) is 0 Å². The smallest absolute Gasteiger partial charge is 0.173 e. The van der Waals surface area contributed by atoms with Gasteiger partial charge in [-0.1, -0.05) is 0 Å². The first-order chi connectivity index (χ1) is 11.2. The Morgan fingerprint density at radius 2 is 2.25 bits per heavy atom. The first-order valence-corrected chi connectivity index (χ1v) is 11.0. The van der Waals surface area contributed by atoms with Crippen LogP contribution >= 0.6 is 6.89 Å². The molecule has 0 radical (unpaired) electrons. The number of anilines is 1. The zero-order valence-electron chi connectivity index (χ0n) is 14.2. The second kappa shape index (κ2) is 6.26. The molecule has 4 N–H and O–H groups in total. The number of hydrogen-bond acceptors (Lipinski definition) is 6. The fourth-order valence-corrected chi connectivity index (χ4v) is 3.98. The van der Waals surface area contributed by atoms with Gasteiger partial charge in [-0.05, 0) is 32.8 Å². The van der Waals surface area contributed by atoms with Gasteiger partial charge in [0.1, 0.15) is 29.6 Å². The van der Waals surface area contributed by atoms with Crippen LogP contribution in [0.5, 0.6) is 0 Å². The van der Waals surface area contributed by atoms with Gasteiger partial charge in [0, 0.05) is 0 Å². The molecule has 1 aromatic heterocycles. The molecule has 1 fully saturated rings. The summed E-state index contributed by atoms with van der Waals surface area (Å²) in [4.78, 5) is 8.41. The Kier molecular flexibility index (Phi) is 4.59. The van der Waals surface area contributed by atoms with Crippen molar-refractivity contribution in [2.75, 3.05) is 24.8 Å². The maximum Gasteiger partial charge on any atom is 0.173 e. The standard InChI is InChI=1S/C15H25FN5O2P/c1-8-19-13(17)11-14(20-8)21(7-18-11)15-10(16)12(22)9(23-15)5-6-24(2,3)4/h7,9-10,12-13,15,22H,2,5-6,17H2,1,3-4H3,(H,19,20)/t9-,10-,12-,13?,15-/m1/s1. The molecule has 0 saturated carbocycles. The van der Waals surface area contributed by atoms with Crippen LogP contribution in [0.3, 0.4) is 0 Å². The van der Waals surface area contributed by atoms with Gasteiger partial charge in [0.05, 0.1) is 12.4 Å². The molecule has 1 saturated heterocycles. The van der Waals surface area contributed by atoms with Crippen LogP contribution in [0.15, 0.2) is 11.3 Å². The Bertz CT molecular complexity index is 700. The van der Waals surface area contributed by atoms with Gasteiger partial charge in [-0.3, -0.25) is 4.57 Å². The molecule has 0 aliphatic carbocycles. The molecule has 1 aromatic rings. The number of aliphatic hydroxyl groups excluding tert-OH is 1. The summed E-state index contributed by atoms with van der Waals surface area (Å²) in [5.41, 5.74) is 6.48. The average molecular weight is 357 g/mol. The summed E-state index contributed by atoms with van der Waals surface area (Å²) in [7, 11) is 0. The van der Waals surface area contributed by atoms with Crippen molar-refractivity contribution in [1.82, 2.24) is 9.55 Å². The molecule has 1 unspecified atom stereocenters. The van der Waals surface area contributed by atoms with Gasteiger partial charge in [-0.25, -0.2) is 14.4 Å². The van der Waals surface area contributed by atoms with E-state index in [0.717, 1.165) is 6.16 Å². The predicted octanol–water partition coefficient (Wildman–Crippen LogP) is 1.38. The van der Waals surface area contributed by atoms with Crippen molar-refractivity contribution in [2.24, 2.45) is 10.7 Å². The van der Waals surface area contributed by atoms with Gasteiger partial charge < -0.3 is 20.9 Å². The van der Waals surface area contributed by atoms with E-state index in [4.69, 9.17) is 10.5 Å². The highest BCUT2D eigenvalue weighted by Crippen LogP contribution is 2.41. The van der Waals surface area contributed by atoms with Crippen LogP contribution in [0.2, 0.25) is 0 Å². The molecule has 0 spiro atoms. The maximum absolute atomic E-state index is 14.7. The van der Waals surface area contributed by atoms with E-state index >= 15 is 0 Å². The molecule has 9 heteroatoms. The summed E-state index contributed by atoms with van der Waals surface area (Å²) >= 11 is 0. The molecule has 3 heterocycles. The van der Waals surface area contributed by atoms with Crippen LogP contribution in [0.4, 0.5) is 10.2 Å². The lowest BCUT2D eigenvalue weighted by Gasteiger charge is -2.22. The summed E-state index contributed by atoms with van der Waals surface area (Å²) in [6.45, 7) is 4.74. The van der Waals surface area contributed by atoms with Crippen molar-refractivity contribution >= 4 is 24.8 Å². The number of hydrogen-bond donors (Lipinski definition) is 3. The molecule has 2 aliphatic rings. The number of aromatic nitrogens is 2. The molecular formula is C15H25FN5O2P.